The molecular weight excluding hydrogens is 282 g/mol. The lowest BCUT2D eigenvalue weighted by atomic mass is 10.1. The second kappa shape index (κ2) is 8.84. The fraction of sp³-hybridized carbons (Fsp3) is 0.375. The van der Waals surface area contributed by atoms with Crippen molar-refractivity contribution < 1.29 is 14.2 Å². The lowest BCUT2D eigenvalue weighted by molar-refractivity contribution is 0.0916. The summed E-state index contributed by atoms with van der Waals surface area (Å²) in [6.07, 6.45) is 5.83. The molecule has 22 heavy (non-hydrogen) atoms. The summed E-state index contributed by atoms with van der Waals surface area (Å²) >= 11 is 0. The van der Waals surface area contributed by atoms with Gasteiger partial charge in [-0.1, -0.05) is 12.1 Å². The zero-order chi connectivity index (χ0) is 15.6. The van der Waals surface area contributed by atoms with Crippen LogP contribution in [-0.2, 0) is 17.7 Å². The predicted molar refractivity (Wildman–Crippen MR) is 83.2 cm³/mol. The standard InChI is InChI=1S/C16H21N3O3/c1-3-4-14-5-6-15(16(11-14)20-2)22-10-9-21-8-7-19-13-17-12-18-19/h3,5-6,11-13H,1,4,7-10H2,2H3. The van der Waals surface area contributed by atoms with Gasteiger partial charge in [0, 0.05) is 0 Å². The number of hydrogen-bond donors (Lipinski definition) is 0. The van der Waals surface area contributed by atoms with Gasteiger partial charge < -0.3 is 14.2 Å². The minimum atomic E-state index is 0.467. The maximum absolute atomic E-state index is 5.69. The van der Waals surface area contributed by atoms with E-state index in [1.165, 1.54) is 6.33 Å². The van der Waals surface area contributed by atoms with Gasteiger partial charge in [-0.2, -0.15) is 5.10 Å². The van der Waals surface area contributed by atoms with E-state index in [4.69, 9.17) is 14.2 Å². The van der Waals surface area contributed by atoms with E-state index in [0.29, 0.717) is 26.4 Å². The van der Waals surface area contributed by atoms with Crippen molar-refractivity contribution in [3.05, 3.63) is 49.1 Å². The third-order valence-electron chi connectivity index (χ3n) is 3.02. The zero-order valence-electron chi connectivity index (χ0n) is 12.8. The van der Waals surface area contributed by atoms with E-state index in [2.05, 4.69) is 16.7 Å². The van der Waals surface area contributed by atoms with E-state index in [9.17, 15) is 0 Å². The molecule has 0 N–H and O–H groups in total. The van der Waals surface area contributed by atoms with Gasteiger partial charge in [-0.15, -0.1) is 6.58 Å². The smallest absolute Gasteiger partial charge is 0.161 e. The Morgan fingerprint density at radius 2 is 2.14 bits per heavy atom. The first kappa shape index (κ1) is 16.0. The summed E-state index contributed by atoms with van der Waals surface area (Å²) in [7, 11) is 1.63. The third kappa shape index (κ3) is 4.89. The fourth-order valence-electron chi connectivity index (χ4n) is 1.94. The molecule has 0 spiro atoms. The van der Waals surface area contributed by atoms with E-state index >= 15 is 0 Å². The number of benzene rings is 1. The van der Waals surface area contributed by atoms with Gasteiger partial charge >= 0.3 is 0 Å². The van der Waals surface area contributed by atoms with Crippen LogP contribution in [0.15, 0.2) is 43.5 Å². The maximum Gasteiger partial charge on any atom is 0.161 e. The van der Waals surface area contributed by atoms with Crippen LogP contribution in [-0.4, -0.2) is 41.7 Å². The van der Waals surface area contributed by atoms with Crippen molar-refractivity contribution in [2.45, 2.75) is 13.0 Å². The molecule has 6 nitrogen and oxygen atoms in total. The van der Waals surface area contributed by atoms with Gasteiger partial charge in [0.15, 0.2) is 11.5 Å². The molecule has 0 atom stereocenters. The van der Waals surface area contributed by atoms with Crippen LogP contribution in [0.4, 0.5) is 0 Å². The van der Waals surface area contributed by atoms with Crippen molar-refractivity contribution in [2.75, 3.05) is 26.9 Å². The lowest BCUT2D eigenvalue weighted by Crippen LogP contribution is -2.12. The summed E-state index contributed by atoms with van der Waals surface area (Å²) < 4.78 is 18.2. The summed E-state index contributed by atoms with van der Waals surface area (Å²) in [6.45, 7) is 5.96. The molecule has 1 aromatic carbocycles. The van der Waals surface area contributed by atoms with Crippen LogP contribution in [0, 0.1) is 0 Å². The number of methoxy groups -OCH3 is 1. The molecule has 0 amide bonds. The zero-order valence-corrected chi connectivity index (χ0v) is 12.8. The summed E-state index contributed by atoms with van der Waals surface area (Å²) in [4.78, 5) is 3.87. The predicted octanol–water partition coefficient (Wildman–Crippen LogP) is 2.11. The van der Waals surface area contributed by atoms with E-state index in [1.807, 2.05) is 24.3 Å². The Balaban J connectivity index is 1.70. The molecular formula is C16H21N3O3. The number of hydrogen-bond acceptors (Lipinski definition) is 5. The first-order valence-electron chi connectivity index (χ1n) is 7.14. The molecule has 0 aliphatic carbocycles. The maximum atomic E-state index is 5.69. The average molecular weight is 303 g/mol. The molecule has 1 aromatic heterocycles. The molecule has 0 radical (unpaired) electrons. The highest BCUT2D eigenvalue weighted by molar-refractivity contribution is 5.43. The SMILES string of the molecule is C=CCc1ccc(OCCOCCn2cncn2)c(OC)c1. The van der Waals surface area contributed by atoms with E-state index < -0.39 is 0 Å². The van der Waals surface area contributed by atoms with Crippen LogP contribution in [0.5, 0.6) is 11.5 Å². The molecule has 118 valence electrons. The van der Waals surface area contributed by atoms with Crippen LogP contribution in [0.25, 0.3) is 0 Å². The van der Waals surface area contributed by atoms with Gasteiger partial charge in [0.25, 0.3) is 0 Å². The largest absolute Gasteiger partial charge is 0.493 e. The van der Waals surface area contributed by atoms with Gasteiger partial charge in [-0.3, -0.25) is 4.68 Å². The van der Waals surface area contributed by atoms with Crippen LogP contribution in [0.2, 0.25) is 0 Å². The minimum absolute atomic E-state index is 0.467. The first-order chi connectivity index (χ1) is 10.8. The lowest BCUT2D eigenvalue weighted by Gasteiger charge is -2.12. The summed E-state index contributed by atoms with van der Waals surface area (Å²) in [6, 6.07) is 5.88. The molecule has 0 saturated heterocycles. The summed E-state index contributed by atoms with van der Waals surface area (Å²) in [5.74, 6) is 1.44. The van der Waals surface area contributed by atoms with Gasteiger partial charge in [-0.25, -0.2) is 4.98 Å². The number of rotatable bonds is 10. The van der Waals surface area contributed by atoms with Crippen LogP contribution in [0.1, 0.15) is 5.56 Å². The van der Waals surface area contributed by atoms with Crippen molar-refractivity contribution in [3.8, 4) is 11.5 Å². The highest BCUT2D eigenvalue weighted by atomic mass is 16.5. The number of nitrogens with zero attached hydrogens (tertiary/aromatic N) is 3. The number of aromatic nitrogens is 3. The Bertz CT molecular complexity index is 570. The Kier molecular flexibility index (Phi) is 6.44. The Hall–Kier alpha value is -2.34. The summed E-state index contributed by atoms with van der Waals surface area (Å²) in [5.41, 5.74) is 1.14. The van der Waals surface area contributed by atoms with Gasteiger partial charge in [-0.05, 0) is 24.1 Å². The topological polar surface area (TPSA) is 58.4 Å². The molecule has 0 unspecified atom stereocenters. The van der Waals surface area contributed by atoms with Crippen LogP contribution in [0.3, 0.4) is 0 Å². The minimum Gasteiger partial charge on any atom is -0.493 e. The molecule has 6 heteroatoms. The van der Waals surface area contributed by atoms with Crippen molar-refractivity contribution >= 4 is 0 Å². The molecule has 1 heterocycles. The van der Waals surface area contributed by atoms with Crippen LogP contribution >= 0.6 is 0 Å². The first-order valence-corrected chi connectivity index (χ1v) is 7.14. The Morgan fingerprint density at radius 1 is 1.23 bits per heavy atom. The second-order valence-electron chi connectivity index (χ2n) is 4.60. The Morgan fingerprint density at radius 3 is 2.86 bits per heavy atom. The second-order valence-corrected chi connectivity index (χ2v) is 4.60. The molecule has 0 aliphatic heterocycles. The van der Waals surface area contributed by atoms with Gasteiger partial charge in [0.2, 0.25) is 0 Å². The number of allylic oxidation sites excluding steroid dienone is 1. The van der Waals surface area contributed by atoms with E-state index in [0.717, 1.165) is 23.5 Å². The van der Waals surface area contributed by atoms with Gasteiger partial charge in [0.1, 0.15) is 19.3 Å². The molecule has 2 aromatic rings. The highest BCUT2D eigenvalue weighted by Crippen LogP contribution is 2.28. The average Bonchev–Trinajstić information content (AvgIpc) is 3.05. The highest BCUT2D eigenvalue weighted by Gasteiger charge is 2.05. The molecule has 2 rings (SSSR count). The van der Waals surface area contributed by atoms with Crippen molar-refractivity contribution in [1.29, 1.82) is 0 Å². The fourth-order valence-corrected chi connectivity index (χ4v) is 1.94. The van der Waals surface area contributed by atoms with Crippen molar-refractivity contribution in [1.82, 2.24) is 14.8 Å². The quantitative estimate of drug-likeness (QED) is 0.497. The monoisotopic (exact) mass is 303 g/mol. The van der Waals surface area contributed by atoms with Crippen LogP contribution < -0.4 is 9.47 Å². The third-order valence-corrected chi connectivity index (χ3v) is 3.02. The van der Waals surface area contributed by atoms with E-state index in [-0.39, 0.29) is 0 Å². The Labute approximate surface area is 130 Å². The molecule has 0 saturated carbocycles. The number of ether oxygens (including phenoxy) is 3. The van der Waals surface area contributed by atoms with Gasteiger partial charge in [0.05, 0.1) is 26.9 Å². The summed E-state index contributed by atoms with van der Waals surface area (Å²) in [5, 5.41) is 4.00. The molecule has 0 aliphatic rings. The van der Waals surface area contributed by atoms with Crippen molar-refractivity contribution in [3.63, 3.8) is 0 Å². The molecule has 0 fully saturated rings. The normalized spacial score (nSPS) is 10.4. The van der Waals surface area contributed by atoms with E-state index in [1.54, 1.807) is 18.1 Å². The molecule has 0 bridgehead atoms. The van der Waals surface area contributed by atoms with Crippen molar-refractivity contribution in [2.24, 2.45) is 0 Å².